The Morgan fingerprint density at radius 2 is 1.91 bits per heavy atom. The Balaban J connectivity index is 1.94. The van der Waals surface area contributed by atoms with Crippen LogP contribution in [0.25, 0.3) is 0 Å². The van der Waals surface area contributed by atoms with E-state index in [1.165, 1.54) is 12.3 Å². The minimum absolute atomic E-state index is 0.00427. The van der Waals surface area contributed by atoms with E-state index in [0.29, 0.717) is 5.56 Å². The number of hydrogen-bond acceptors (Lipinski definition) is 8. The van der Waals surface area contributed by atoms with Crippen LogP contribution in [0.5, 0.6) is 0 Å². The van der Waals surface area contributed by atoms with E-state index in [2.05, 4.69) is 20.6 Å². The summed E-state index contributed by atoms with van der Waals surface area (Å²) in [6.45, 7) is 0.984. The first-order valence-corrected chi connectivity index (χ1v) is 11.8. The van der Waals surface area contributed by atoms with Gasteiger partial charge in [-0.25, -0.2) is 27.0 Å². The molecule has 3 aromatic rings. The summed E-state index contributed by atoms with van der Waals surface area (Å²) in [7, 11) is -3.72. The predicted molar refractivity (Wildman–Crippen MR) is 120 cm³/mol. The maximum atomic E-state index is 14.2. The summed E-state index contributed by atoms with van der Waals surface area (Å²) in [5.41, 5.74) is 0.816. The SMILES string of the molecule is CCOC(=O)c1cnc(Nc2ccc(S(C)(=O)=O)c(F)c2)nc1NC(CF)c1ccccc1. The second kappa shape index (κ2) is 10.3. The van der Waals surface area contributed by atoms with Gasteiger partial charge in [0.15, 0.2) is 9.84 Å². The number of carbonyl (C=O) groups excluding carboxylic acids is 1. The number of nitrogens with one attached hydrogen (secondary N) is 2. The lowest BCUT2D eigenvalue weighted by Gasteiger charge is -2.19. The fourth-order valence-corrected chi connectivity index (χ4v) is 3.71. The van der Waals surface area contributed by atoms with Crippen molar-refractivity contribution in [2.75, 3.05) is 30.2 Å². The second-order valence-electron chi connectivity index (χ2n) is 6.98. The summed E-state index contributed by atoms with van der Waals surface area (Å²) in [5, 5.41) is 5.65. The van der Waals surface area contributed by atoms with Crippen LogP contribution in [0.15, 0.2) is 59.6 Å². The standard InChI is InChI=1S/C22H22F2N4O4S/c1-3-32-21(29)16-13-25-22(26-15-9-10-19(17(24)11-15)33(2,30)31)28-20(16)27-18(12-23)14-7-5-4-6-8-14/h4-11,13,18H,3,12H2,1-2H3,(H2,25,26,27,28). The molecule has 0 fully saturated rings. The summed E-state index contributed by atoms with van der Waals surface area (Å²) in [6.07, 6.45) is 2.11. The fourth-order valence-electron chi connectivity index (χ4n) is 2.98. The van der Waals surface area contributed by atoms with Gasteiger partial charge in [-0.3, -0.25) is 0 Å². The van der Waals surface area contributed by atoms with Crippen LogP contribution in [0.3, 0.4) is 0 Å². The Morgan fingerprint density at radius 3 is 2.52 bits per heavy atom. The van der Waals surface area contributed by atoms with Crippen LogP contribution in [0.2, 0.25) is 0 Å². The van der Waals surface area contributed by atoms with Crippen LogP contribution in [0.4, 0.5) is 26.2 Å². The van der Waals surface area contributed by atoms with Crippen LogP contribution in [-0.4, -0.2) is 43.9 Å². The van der Waals surface area contributed by atoms with E-state index in [1.807, 2.05) is 0 Å². The van der Waals surface area contributed by atoms with Gasteiger partial charge >= 0.3 is 5.97 Å². The highest BCUT2D eigenvalue weighted by Gasteiger charge is 2.21. The highest BCUT2D eigenvalue weighted by atomic mass is 32.2. The monoisotopic (exact) mass is 476 g/mol. The van der Waals surface area contributed by atoms with Gasteiger partial charge in [0.05, 0.1) is 12.6 Å². The number of esters is 1. The molecular formula is C22H22F2N4O4S. The van der Waals surface area contributed by atoms with Crippen molar-refractivity contribution in [2.45, 2.75) is 17.9 Å². The first-order chi connectivity index (χ1) is 15.7. The molecule has 0 aliphatic carbocycles. The highest BCUT2D eigenvalue weighted by Crippen LogP contribution is 2.25. The summed E-state index contributed by atoms with van der Waals surface area (Å²) < 4.78 is 56.3. The van der Waals surface area contributed by atoms with Crippen molar-refractivity contribution in [3.63, 3.8) is 0 Å². The molecule has 0 saturated heterocycles. The van der Waals surface area contributed by atoms with Crippen molar-refractivity contribution in [3.8, 4) is 0 Å². The van der Waals surface area contributed by atoms with Gasteiger partial charge in [-0.05, 0) is 30.7 Å². The van der Waals surface area contributed by atoms with Crippen molar-refractivity contribution in [1.29, 1.82) is 0 Å². The van der Waals surface area contributed by atoms with E-state index in [1.54, 1.807) is 37.3 Å². The van der Waals surface area contributed by atoms with E-state index in [9.17, 15) is 22.0 Å². The summed E-state index contributed by atoms with van der Waals surface area (Å²) >= 11 is 0. The maximum Gasteiger partial charge on any atom is 0.343 e. The van der Waals surface area contributed by atoms with Gasteiger partial charge in [0.2, 0.25) is 5.95 Å². The van der Waals surface area contributed by atoms with E-state index >= 15 is 0 Å². The number of alkyl halides is 1. The normalized spacial score (nSPS) is 12.1. The van der Waals surface area contributed by atoms with Gasteiger partial charge in [0, 0.05) is 18.1 Å². The molecular weight excluding hydrogens is 454 g/mol. The third kappa shape index (κ3) is 6.01. The number of nitrogens with zero attached hydrogens (tertiary/aromatic N) is 2. The molecule has 1 heterocycles. The zero-order chi connectivity index (χ0) is 24.0. The molecule has 2 aromatic carbocycles. The highest BCUT2D eigenvalue weighted by molar-refractivity contribution is 7.90. The zero-order valence-electron chi connectivity index (χ0n) is 17.9. The molecule has 3 rings (SSSR count). The van der Waals surface area contributed by atoms with Crippen LogP contribution in [0.1, 0.15) is 28.9 Å². The van der Waals surface area contributed by atoms with Gasteiger partial charge in [-0.1, -0.05) is 30.3 Å². The Bertz CT molecular complexity index is 1240. The van der Waals surface area contributed by atoms with Crippen LogP contribution < -0.4 is 10.6 Å². The molecule has 0 aliphatic rings. The molecule has 0 saturated carbocycles. The molecule has 0 spiro atoms. The molecule has 1 aromatic heterocycles. The molecule has 1 unspecified atom stereocenters. The Labute approximate surface area is 190 Å². The molecule has 1 atom stereocenters. The number of aromatic nitrogens is 2. The quantitative estimate of drug-likeness (QED) is 0.445. The molecule has 2 N–H and O–H groups in total. The van der Waals surface area contributed by atoms with E-state index < -0.39 is 39.2 Å². The van der Waals surface area contributed by atoms with E-state index in [0.717, 1.165) is 18.4 Å². The lowest BCUT2D eigenvalue weighted by molar-refractivity contribution is 0.0526. The number of hydrogen-bond donors (Lipinski definition) is 2. The first kappa shape index (κ1) is 24.1. The average molecular weight is 477 g/mol. The summed E-state index contributed by atoms with van der Waals surface area (Å²) in [5.74, 6) is -1.64. The Hall–Kier alpha value is -3.60. The third-order valence-electron chi connectivity index (χ3n) is 4.54. The molecule has 8 nitrogen and oxygen atoms in total. The minimum Gasteiger partial charge on any atom is -0.462 e. The molecule has 0 aliphatic heterocycles. The van der Waals surface area contributed by atoms with Crippen molar-refractivity contribution < 1.29 is 26.7 Å². The number of benzene rings is 2. The van der Waals surface area contributed by atoms with Crippen molar-refractivity contribution in [3.05, 3.63) is 71.7 Å². The van der Waals surface area contributed by atoms with Crippen molar-refractivity contribution >= 4 is 33.3 Å². The van der Waals surface area contributed by atoms with Gasteiger partial charge < -0.3 is 15.4 Å². The Kier molecular flexibility index (Phi) is 7.54. The predicted octanol–water partition coefficient (Wildman–Crippen LogP) is 4.06. The summed E-state index contributed by atoms with van der Waals surface area (Å²) in [4.78, 5) is 20.2. The second-order valence-corrected chi connectivity index (χ2v) is 8.96. The third-order valence-corrected chi connectivity index (χ3v) is 5.67. The number of anilines is 3. The average Bonchev–Trinajstić information content (AvgIpc) is 2.77. The minimum atomic E-state index is -3.72. The number of ether oxygens (including phenoxy) is 1. The summed E-state index contributed by atoms with van der Waals surface area (Å²) in [6, 6.07) is 11.4. The largest absolute Gasteiger partial charge is 0.462 e. The Morgan fingerprint density at radius 1 is 1.18 bits per heavy atom. The van der Waals surface area contributed by atoms with Crippen LogP contribution in [-0.2, 0) is 14.6 Å². The number of carbonyl (C=O) groups is 1. The first-order valence-electron chi connectivity index (χ1n) is 9.91. The van der Waals surface area contributed by atoms with Crippen LogP contribution >= 0.6 is 0 Å². The number of sulfone groups is 1. The number of halogens is 2. The smallest absolute Gasteiger partial charge is 0.343 e. The maximum absolute atomic E-state index is 14.2. The lowest BCUT2D eigenvalue weighted by atomic mass is 10.1. The van der Waals surface area contributed by atoms with E-state index in [4.69, 9.17) is 4.74 Å². The van der Waals surface area contributed by atoms with Gasteiger partial charge in [-0.15, -0.1) is 0 Å². The van der Waals surface area contributed by atoms with Gasteiger partial charge in [-0.2, -0.15) is 4.98 Å². The van der Waals surface area contributed by atoms with Crippen LogP contribution in [0, 0.1) is 5.82 Å². The molecule has 174 valence electrons. The van der Waals surface area contributed by atoms with Gasteiger partial charge in [0.25, 0.3) is 0 Å². The molecule has 11 heteroatoms. The molecule has 33 heavy (non-hydrogen) atoms. The topological polar surface area (TPSA) is 110 Å². The molecule has 0 radical (unpaired) electrons. The van der Waals surface area contributed by atoms with Gasteiger partial charge in [0.1, 0.15) is 28.8 Å². The fraction of sp³-hybridized carbons (Fsp3) is 0.227. The number of rotatable bonds is 9. The molecule has 0 amide bonds. The molecule has 0 bridgehead atoms. The van der Waals surface area contributed by atoms with E-state index in [-0.39, 0.29) is 29.6 Å². The zero-order valence-corrected chi connectivity index (χ0v) is 18.7. The van der Waals surface area contributed by atoms with Crippen molar-refractivity contribution in [1.82, 2.24) is 9.97 Å². The lowest BCUT2D eigenvalue weighted by Crippen LogP contribution is -2.18. The van der Waals surface area contributed by atoms with Crippen molar-refractivity contribution in [2.24, 2.45) is 0 Å².